The van der Waals surface area contributed by atoms with E-state index in [0.29, 0.717) is 10.3 Å². The molecular weight excluding hydrogens is 836 g/mol. The number of amides is 4. The first-order valence-corrected chi connectivity index (χ1v) is 18.2. The molecule has 0 radical (unpaired) electrons. The number of alkyl halides is 2. The molecule has 0 aromatic heterocycles. The molecule has 4 amide bonds. The van der Waals surface area contributed by atoms with E-state index in [1.165, 1.54) is 38.4 Å². The molecule has 4 aliphatic rings. The van der Waals surface area contributed by atoms with Crippen LogP contribution in [-0.2, 0) is 19.2 Å². The highest BCUT2D eigenvalue weighted by molar-refractivity contribution is 6.58. The fourth-order valence-corrected chi connectivity index (χ4v) is 10.1. The smallest absolute Gasteiger partial charge is 0.301 e. The SMILES string of the molecule is CN(C)c1c([N+](=O)[O-])cc(N2C(=O)[C@H]3[C@H](CC=C4[C@H]3C[C@@]3(Cl)C(=O)N(c5c(F)c(F)c(F)c(F)c5F)C(=O)[C@@]3(Cl)[C@H]4c3ccc4ccccc4c3O)C2=O)cc1[N+](=O)[O-]. The lowest BCUT2D eigenvalue weighted by molar-refractivity contribution is -0.392. The number of fused-ring (bicyclic) bond motifs is 5. The number of benzene rings is 4. The molecule has 2 aliphatic heterocycles. The third-order valence-corrected chi connectivity index (χ3v) is 13.0. The average Bonchev–Trinajstić information content (AvgIpc) is 3.54. The summed E-state index contributed by atoms with van der Waals surface area (Å²) in [5.74, 6) is -24.9. The highest BCUT2D eigenvalue weighted by Gasteiger charge is 2.77. The van der Waals surface area contributed by atoms with E-state index in [1.807, 2.05) is 0 Å². The van der Waals surface area contributed by atoms with Crippen molar-refractivity contribution in [2.75, 3.05) is 28.8 Å². The van der Waals surface area contributed by atoms with Gasteiger partial charge < -0.3 is 10.0 Å². The summed E-state index contributed by atoms with van der Waals surface area (Å²) >= 11 is 14.4. The van der Waals surface area contributed by atoms with Crippen molar-refractivity contribution in [1.82, 2.24) is 0 Å². The molecule has 304 valence electrons. The van der Waals surface area contributed by atoms with Gasteiger partial charge in [-0.3, -0.25) is 39.4 Å². The maximum absolute atomic E-state index is 15.4. The fraction of sp³-hybridized carbons (Fsp3) is 0.263. The zero-order valence-corrected chi connectivity index (χ0v) is 31.5. The lowest BCUT2D eigenvalue weighted by Crippen LogP contribution is -2.60. The van der Waals surface area contributed by atoms with E-state index in [2.05, 4.69) is 0 Å². The number of nitrogens with zero attached hydrogens (tertiary/aromatic N) is 5. The molecule has 3 fully saturated rings. The quantitative estimate of drug-likeness (QED) is 0.0313. The van der Waals surface area contributed by atoms with Crippen molar-refractivity contribution in [2.45, 2.75) is 28.5 Å². The van der Waals surface area contributed by atoms with E-state index in [0.717, 1.165) is 17.0 Å². The maximum atomic E-state index is 15.4. The third kappa shape index (κ3) is 5.09. The van der Waals surface area contributed by atoms with Gasteiger partial charge in [0.25, 0.3) is 11.8 Å². The van der Waals surface area contributed by atoms with Crippen LogP contribution in [0.2, 0.25) is 0 Å². The van der Waals surface area contributed by atoms with Gasteiger partial charge in [0.05, 0.1) is 27.4 Å². The molecule has 1 saturated carbocycles. The van der Waals surface area contributed by atoms with Crippen molar-refractivity contribution in [3.05, 3.63) is 115 Å². The van der Waals surface area contributed by atoms with E-state index in [-0.39, 0.29) is 27.8 Å². The molecule has 2 heterocycles. The minimum atomic E-state index is -2.92. The van der Waals surface area contributed by atoms with Crippen LogP contribution in [0, 0.1) is 67.1 Å². The number of nitro groups is 2. The lowest BCUT2D eigenvalue weighted by atomic mass is 9.56. The topological polar surface area (TPSA) is 185 Å². The van der Waals surface area contributed by atoms with Gasteiger partial charge in [-0.1, -0.05) is 48.0 Å². The molecule has 1 N–H and O–H groups in total. The summed E-state index contributed by atoms with van der Waals surface area (Å²) in [6.45, 7) is 0. The summed E-state index contributed by atoms with van der Waals surface area (Å²) in [7, 11) is 2.60. The number of rotatable bonds is 6. The summed E-state index contributed by atoms with van der Waals surface area (Å²) < 4.78 is 74.2. The summed E-state index contributed by atoms with van der Waals surface area (Å²) in [5, 5.41) is 36.7. The van der Waals surface area contributed by atoms with Gasteiger partial charge in [0, 0.05) is 43.1 Å². The Bertz CT molecular complexity index is 2660. The molecule has 0 unspecified atom stereocenters. The number of phenols is 1. The van der Waals surface area contributed by atoms with Crippen molar-refractivity contribution in [3.8, 4) is 5.75 Å². The van der Waals surface area contributed by atoms with Crippen LogP contribution in [0.1, 0.15) is 24.3 Å². The Morgan fingerprint density at radius 1 is 0.797 bits per heavy atom. The number of phenolic OH excluding ortho intramolecular Hbond substituents is 1. The van der Waals surface area contributed by atoms with Crippen LogP contribution < -0.4 is 14.7 Å². The number of hydrogen-bond acceptors (Lipinski definition) is 10. The molecule has 21 heteroatoms. The molecule has 2 saturated heterocycles. The average molecular weight is 861 g/mol. The van der Waals surface area contributed by atoms with Gasteiger partial charge in [-0.25, -0.2) is 31.8 Å². The van der Waals surface area contributed by atoms with Crippen molar-refractivity contribution < 1.29 is 56.1 Å². The number of hydrogen-bond donors (Lipinski definition) is 1. The maximum Gasteiger partial charge on any atom is 0.301 e. The molecule has 14 nitrogen and oxygen atoms in total. The minimum absolute atomic E-state index is 0.0198. The van der Waals surface area contributed by atoms with Gasteiger partial charge >= 0.3 is 11.4 Å². The predicted octanol–water partition coefficient (Wildman–Crippen LogP) is 6.89. The van der Waals surface area contributed by atoms with Crippen LogP contribution in [0.5, 0.6) is 5.75 Å². The predicted molar refractivity (Wildman–Crippen MR) is 199 cm³/mol. The Kier molecular flexibility index (Phi) is 8.83. The Labute approximate surface area is 337 Å². The molecule has 4 aromatic carbocycles. The van der Waals surface area contributed by atoms with Gasteiger partial charge in [-0.2, -0.15) is 0 Å². The number of aromatic hydroxyl groups is 1. The number of halogens is 7. The molecule has 0 spiro atoms. The van der Waals surface area contributed by atoms with E-state index < -0.39 is 137 Å². The summed E-state index contributed by atoms with van der Waals surface area (Å²) in [5.41, 5.74) is -4.81. The number of nitro benzene ring substituents is 2. The fourth-order valence-electron chi connectivity index (χ4n) is 9.13. The molecule has 4 aromatic rings. The minimum Gasteiger partial charge on any atom is -0.507 e. The number of imide groups is 2. The summed E-state index contributed by atoms with van der Waals surface area (Å²) in [6, 6.07) is 10.7. The zero-order valence-electron chi connectivity index (χ0n) is 30.0. The monoisotopic (exact) mass is 859 g/mol. The van der Waals surface area contributed by atoms with Gasteiger partial charge in [-0.05, 0) is 24.1 Å². The molecule has 6 atom stereocenters. The van der Waals surface area contributed by atoms with Crippen LogP contribution in [-0.4, -0.2) is 62.4 Å². The molecule has 2 aliphatic carbocycles. The van der Waals surface area contributed by atoms with Crippen LogP contribution in [0.15, 0.2) is 60.2 Å². The number of carbonyl (C=O) groups is 4. The highest BCUT2D eigenvalue weighted by Crippen LogP contribution is 2.67. The summed E-state index contributed by atoms with van der Waals surface area (Å²) in [4.78, 5) is 75.7. The van der Waals surface area contributed by atoms with Crippen LogP contribution in [0.25, 0.3) is 10.8 Å². The normalized spacial score (nSPS) is 26.2. The largest absolute Gasteiger partial charge is 0.507 e. The van der Waals surface area contributed by atoms with Gasteiger partial charge in [0.1, 0.15) is 11.4 Å². The second-order valence-corrected chi connectivity index (χ2v) is 15.9. The molecular formula is C38H24Cl2F5N5O9. The third-order valence-electron chi connectivity index (χ3n) is 11.6. The Hall–Kier alpha value is -6.21. The van der Waals surface area contributed by atoms with E-state index in [1.54, 1.807) is 18.2 Å². The summed E-state index contributed by atoms with van der Waals surface area (Å²) in [6.07, 6.45) is 0.201. The van der Waals surface area contributed by atoms with Crippen molar-refractivity contribution in [3.63, 3.8) is 0 Å². The zero-order chi connectivity index (χ0) is 42.9. The number of allylic oxidation sites excluding steroid dienone is 2. The first-order valence-electron chi connectivity index (χ1n) is 17.4. The second-order valence-electron chi connectivity index (χ2n) is 14.7. The highest BCUT2D eigenvalue weighted by atomic mass is 35.5. The van der Waals surface area contributed by atoms with Gasteiger partial charge in [0.2, 0.25) is 17.6 Å². The van der Waals surface area contributed by atoms with Crippen LogP contribution >= 0.6 is 23.2 Å². The molecule has 8 rings (SSSR count). The lowest BCUT2D eigenvalue weighted by Gasteiger charge is -2.50. The van der Waals surface area contributed by atoms with E-state index in [9.17, 15) is 57.7 Å². The molecule has 0 bridgehead atoms. The molecule has 59 heavy (non-hydrogen) atoms. The van der Waals surface area contributed by atoms with E-state index >= 15 is 8.78 Å². The van der Waals surface area contributed by atoms with Crippen molar-refractivity contribution >= 4 is 86.0 Å². The van der Waals surface area contributed by atoms with Crippen molar-refractivity contribution in [1.29, 1.82) is 0 Å². The standard InChI is InChI=1S/C38H24Cl2F5N5O9/c1-46(2)30-21(49(56)57)11-15(12-22(30)50(58)59)47-33(52)18-10-9-17-20(23(18)34(47)53)13-37(39)35(54)48(31-28(44)26(42)25(41)27(43)29(31)45)36(55)38(37,40)24(17)19-8-7-14-5-3-4-6-16(14)32(19)51/h3-9,11-12,18,20,23-24,51H,10,13H2,1-2H3/t18-,20+,23-,24+,37+,38-/m0/s1. The number of anilines is 3. The van der Waals surface area contributed by atoms with Crippen molar-refractivity contribution in [2.24, 2.45) is 17.8 Å². The Balaban J connectivity index is 1.34. The number of carbonyl (C=O) groups excluding carboxylic acids is 4. The van der Waals surface area contributed by atoms with Gasteiger partial charge in [0.15, 0.2) is 38.7 Å². The van der Waals surface area contributed by atoms with Crippen LogP contribution in [0.3, 0.4) is 0 Å². The van der Waals surface area contributed by atoms with Crippen LogP contribution in [0.4, 0.5) is 50.4 Å². The Morgan fingerprint density at radius 3 is 1.95 bits per heavy atom. The first-order chi connectivity index (χ1) is 27.7. The Morgan fingerprint density at radius 2 is 1.37 bits per heavy atom. The first kappa shape index (κ1) is 39.6. The van der Waals surface area contributed by atoms with Gasteiger partial charge in [-0.15, -0.1) is 23.2 Å². The second kappa shape index (κ2) is 13.2. The van der Waals surface area contributed by atoms with E-state index in [4.69, 9.17) is 23.2 Å².